The Kier molecular flexibility index (Phi) is 10.5. The van der Waals surface area contributed by atoms with Crippen LogP contribution in [0, 0.1) is 11.8 Å². The van der Waals surface area contributed by atoms with Crippen LogP contribution in [0.2, 0.25) is 0 Å². The molecule has 0 aliphatic carbocycles. The molecule has 0 atom stereocenters. The molecule has 0 bridgehead atoms. The van der Waals surface area contributed by atoms with Gasteiger partial charge in [0, 0.05) is 6.42 Å². The predicted octanol–water partition coefficient (Wildman–Crippen LogP) is 2.48. The molecule has 0 aromatic rings. The molecule has 0 radical (unpaired) electrons. The Morgan fingerprint density at radius 3 is 2.44 bits per heavy atom. The lowest BCUT2D eigenvalue weighted by Gasteiger charge is -2.20. The number of nitrogens with zero attached hydrogens (tertiary/aromatic N) is 1. The fourth-order valence-corrected chi connectivity index (χ4v) is 2.52. The molecule has 0 aromatic carbocycles. The summed E-state index contributed by atoms with van der Waals surface area (Å²) in [5.74, 6) is 7.93. The summed E-state index contributed by atoms with van der Waals surface area (Å²) in [4.78, 5) is 2.26. The molecule has 0 N–H and O–H groups in total. The summed E-state index contributed by atoms with van der Waals surface area (Å²) in [5.41, 5.74) is 0.786. The second-order valence-electron chi connectivity index (χ2n) is 6.00. The van der Waals surface area contributed by atoms with E-state index < -0.39 is 0 Å². The summed E-state index contributed by atoms with van der Waals surface area (Å²) in [6.45, 7) is 10.7. The molecule has 2 rings (SSSR count). The zero-order valence-electron chi connectivity index (χ0n) is 16.5. The van der Waals surface area contributed by atoms with Gasteiger partial charge in [-0.1, -0.05) is 25.7 Å². The molecular weight excluding hydrogens is 346 g/mol. The third-order valence-electron chi connectivity index (χ3n) is 4.14. The zero-order chi connectivity index (χ0) is 19.2. The van der Waals surface area contributed by atoms with Crippen LogP contribution in [0.25, 0.3) is 0 Å². The largest absolute Gasteiger partial charge is 0.497 e. The van der Waals surface area contributed by atoms with Gasteiger partial charge in [-0.3, -0.25) is 4.90 Å². The van der Waals surface area contributed by atoms with Crippen LogP contribution in [-0.4, -0.2) is 70.8 Å². The summed E-state index contributed by atoms with van der Waals surface area (Å²) in [7, 11) is 0. The van der Waals surface area contributed by atoms with Gasteiger partial charge in [-0.2, -0.15) is 0 Å². The molecule has 2 heterocycles. The number of allylic oxidation sites excluding steroid dienone is 3. The fourth-order valence-electron chi connectivity index (χ4n) is 2.52. The maximum Gasteiger partial charge on any atom is 0.157 e. The molecular formula is C21H31NO5. The first kappa shape index (κ1) is 21.4. The lowest BCUT2D eigenvalue weighted by Crippen LogP contribution is -2.22. The van der Waals surface area contributed by atoms with E-state index >= 15 is 0 Å². The van der Waals surface area contributed by atoms with Gasteiger partial charge in [0.15, 0.2) is 5.76 Å². The highest BCUT2D eigenvalue weighted by molar-refractivity contribution is 5.39. The Morgan fingerprint density at radius 1 is 0.889 bits per heavy atom. The van der Waals surface area contributed by atoms with Crippen LogP contribution in [0.5, 0.6) is 0 Å². The average molecular weight is 377 g/mol. The number of hydrogen-bond acceptors (Lipinski definition) is 6. The van der Waals surface area contributed by atoms with Gasteiger partial charge in [-0.25, -0.2) is 0 Å². The van der Waals surface area contributed by atoms with Crippen molar-refractivity contribution in [2.75, 3.05) is 65.9 Å². The van der Waals surface area contributed by atoms with Crippen molar-refractivity contribution in [3.05, 3.63) is 35.5 Å². The van der Waals surface area contributed by atoms with Crippen molar-refractivity contribution in [2.45, 2.75) is 20.3 Å². The topological polar surface area (TPSA) is 49.4 Å². The molecule has 0 aromatic heterocycles. The van der Waals surface area contributed by atoms with E-state index in [1.807, 2.05) is 12.2 Å². The van der Waals surface area contributed by atoms with E-state index in [4.69, 9.17) is 23.7 Å². The molecule has 0 saturated heterocycles. The number of ether oxygens (including phenoxy) is 5. The first-order valence-electron chi connectivity index (χ1n) is 9.68. The van der Waals surface area contributed by atoms with Crippen LogP contribution in [0.15, 0.2) is 35.5 Å². The van der Waals surface area contributed by atoms with Crippen LogP contribution < -0.4 is 0 Å². The summed E-state index contributed by atoms with van der Waals surface area (Å²) >= 11 is 0. The summed E-state index contributed by atoms with van der Waals surface area (Å²) in [5, 5.41) is 0. The third kappa shape index (κ3) is 8.53. The van der Waals surface area contributed by atoms with E-state index in [1.165, 1.54) is 0 Å². The van der Waals surface area contributed by atoms with Crippen molar-refractivity contribution in [3.63, 3.8) is 0 Å². The summed E-state index contributed by atoms with van der Waals surface area (Å²) < 4.78 is 28.1. The highest BCUT2D eigenvalue weighted by Crippen LogP contribution is 2.19. The second-order valence-corrected chi connectivity index (χ2v) is 6.00. The Labute approximate surface area is 162 Å². The van der Waals surface area contributed by atoms with Gasteiger partial charge >= 0.3 is 0 Å². The van der Waals surface area contributed by atoms with Crippen LogP contribution >= 0.6 is 0 Å². The highest BCUT2D eigenvalue weighted by atomic mass is 16.6. The Balaban J connectivity index is 2.12. The standard InChI is InChI=1S/C21H31NO5/c1-3-22(4-2)10-5-6-19-7-8-20-21(27-17-16-26-20)9-11-23-12-13-24-14-15-25-18-19/h7-8,18H,3-4,9-17H2,1-2H3/b8-7-,19-18-. The van der Waals surface area contributed by atoms with Gasteiger partial charge in [-0.15, -0.1) is 0 Å². The maximum atomic E-state index is 5.76. The van der Waals surface area contributed by atoms with E-state index in [0.717, 1.165) is 36.7 Å². The van der Waals surface area contributed by atoms with Crippen molar-refractivity contribution in [3.8, 4) is 11.8 Å². The van der Waals surface area contributed by atoms with Crippen LogP contribution in [0.4, 0.5) is 0 Å². The Hall–Kier alpha value is -1.94. The van der Waals surface area contributed by atoms with Crippen molar-refractivity contribution >= 4 is 0 Å². The fraction of sp³-hybridized carbons (Fsp3) is 0.619. The molecule has 0 saturated carbocycles. The van der Waals surface area contributed by atoms with Gasteiger partial charge in [0.05, 0.1) is 44.8 Å². The van der Waals surface area contributed by atoms with E-state index in [2.05, 4.69) is 30.6 Å². The molecule has 6 nitrogen and oxygen atoms in total. The molecule has 2 aliphatic rings. The third-order valence-corrected chi connectivity index (χ3v) is 4.14. The van der Waals surface area contributed by atoms with Gasteiger partial charge in [-0.05, 0) is 25.2 Å². The molecule has 0 unspecified atom stereocenters. The van der Waals surface area contributed by atoms with E-state index in [0.29, 0.717) is 52.7 Å². The van der Waals surface area contributed by atoms with Crippen molar-refractivity contribution in [2.24, 2.45) is 0 Å². The minimum absolute atomic E-state index is 0.475. The van der Waals surface area contributed by atoms with Crippen molar-refractivity contribution in [1.29, 1.82) is 0 Å². The Bertz CT molecular complexity index is 581. The zero-order valence-corrected chi connectivity index (χ0v) is 16.5. The number of rotatable bonds is 3. The van der Waals surface area contributed by atoms with Crippen molar-refractivity contribution < 1.29 is 23.7 Å². The molecule has 2 aliphatic heterocycles. The molecule has 0 fully saturated rings. The molecule has 27 heavy (non-hydrogen) atoms. The lowest BCUT2D eigenvalue weighted by atomic mass is 10.2. The minimum Gasteiger partial charge on any atom is -0.497 e. The SMILES string of the molecule is CCN(CC)CC#CC1=C/OCCOCCOCCC2=C(/C=C\1)OCCO2. The minimum atomic E-state index is 0.475. The monoisotopic (exact) mass is 377 g/mol. The first-order valence-corrected chi connectivity index (χ1v) is 9.68. The van der Waals surface area contributed by atoms with Crippen molar-refractivity contribution in [1.82, 2.24) is 4.90 Å². The van der Waals surface area contributed by atoms with E-state index in [1.54, 1.807) is 6.26 Å². The predicted molar refractivity (Wildman–Crippen MR) is 104 cm³/mol. The second kappa shape index (κ2) is 13.3. The molecule has 6 heteroatoms. The van der Waals surface area contributed by atoms with Gasteiger partial charge in [0.1, 0.15) is 25.6 Å². The Morgan fingerprint density at radius 2 is 1.63 bits per heavy atom. The summed E-state index contributed by atoms with van der Waals surface area (Å²) in [6, 6.07) is 0. The smallest absolute Gasteiger partial charge is 0.157 e. The summed E-state index contributed by atoms with van der Waals surface area (Å²) in [6.07, 6.45) is 6.14. The average Bonchev–Trinajstić information content (AvgIpc) is 2.71. The maximum absolute atomic E-state index is 5.76. The van der Waals surface area contributed by atoms with Crippen LogP contribution in [0.3, 0.4) is 0 Å². The molecule has 0 amide bonds. The first-order chi connectivity index (χ1) is 13.3. The van der Waals surface area contributed by atoms with Gasteiger partial charge < -0.3 is 23.7 Å². The highest BCUT2D eigenvalue weighted by Gasteiger charge is 2.13. The number of hydrogen-bond donors (Lipinski definition) is 0. The molecule has 150 valence electrons. The van der Waals surface area contributed by atoms with Gasteiger partial charge in [0.2, 0.25) is 0 Å². The van der Waals surface area contributed by atoms with Gasteiger partial charge in [0.25, 0.3) is 0 Å². The quantitative estimate of drug-likeness (QED) is 0.705. The van der Waals surface area contributed by atoms with Crippen LogP contribution in [-0.2, 0) is 23.7 Å². The van der Waals surface area contributed by atoms with E-state index in [9.17, 15) is 0 Å². The van der Waals surface area contributed by atoms with Crippen LogP contribution in [0.1, 0.15) is 20.3 Å². The normalized spacial score (nSPS) is 22.4. The van der Waals surface area contributed by atoms with E-state index in [-0.39, 0.29) is 0 Å². The molecule has 0 spiro atoms. The lowest BCUT2D eigenvalue weighted by molar-refractivity contribution is 0.0215.